The average molecular weight is 317 g/mol. The second kappa shape index (κ2) is 4.69. The third kappa shape index (κ3) is 2.02. The SMILES string of the molecule is Cc1ccc2n1CCn1cc(-c3ccc(Cl)c(Cl)c3)cc1-2. The molecule has 4 heteroatoms. The van der Waals surface area contributed by atoms with Crippen LogP contribution in [-0.2, 0) is 13.1 Å². The van der Waals surface area contributed by atoms with Crippen LogP contribution in [0.2, 0.25) is 10.0 Å². The highest BCUT2D eigenvalue weighted by molar-refractivity contribution is 6.42. The maximum absolute atomic E-state index is 6.13. The molecule has 1 aromatic carbocycles. The molecule has 2 aromatic heterocycles. The number of nitrogens with zero attached hydrogens (tertiary/aromatic N) is 2. The lowest BCUT2D eigenvalue weighted by molar-refractivity contribution is 0.552. The lowest BCUT2D eigenvalue weighted by atomic mass is 10.1. The van der Waals surface area contributed by atoms with Gasteiger partial charge in [0.2, 0.25) is 0 Å². The van der Waals surface area contributed by atoms with Crippen molar-refractivity contribution in [1.82, 2.24) is 9.13 Å². The number of rotatable bonds is 1. The van der Waals surface area contributed by atoms with Crippen LogP contribution in [0.4, 0.5) is 0 Å². The van der Waals surface area contributed by atoms with Crippen molar-refractivity contribution < 1.29 is 0 Å². The molecular weight excluding hydrogens is 303 g/mol. The van der Waals surface area contributed by atoms with Gasteiger partial charge in [-0.15, -0.1) is 0 Å². The first-order valence-corrected chi connectivity index (χ1v) is 7.71. The Labute approximate surface area is 133 Å². The van der Waals surface area contributed by atoms with Gasteiger partial charge < -0.3 is 9.13 Å². The van der Waals surface area contributed by atoms with Crippen LogP contribution in [0.15, 0.2) is 42.6 Å². The minimum Gasteiger partial charge on any atom is -0.344 e. The third-order valence-corrected chi connectivity index (χ3v) is 4.91. The summed E-state index contributed by atoms with van der Waals surface area (Å²) in [7, 11) is 0. The van der Waals surface area contributed by atoms with Gasteiger partial charge in [-0.25, -0.2) is 0 Å². The summed E-state index contributed by atoms with van der Waals surface area (Å²) in [5.41, 5.74) is 6.13. The standard InChI is InChI=1S/C17H14Cl2N2/c1-11-2-5-16-17-9-13(10-20(17)6-7-21(11)16)12-3-4-14(18)15(19)8-12/h2-5,8-10H,6-7H2,1H3. The van der Waals surface area contributed by atoms with E-state index >= 15 is 0 Å². The Morgan fingerprint density at radius 2 is 1.71 bits per heavy atom. The van der Waals surface area contributed by atoms with Gasteiger partial charge in [0.15, 0.2) is 0 Å². The van der Waals surface area contributed by atoms with Gasteiger partial charge in [-0.3, -0.25) is 0 Å². The van der Waals surface area contributed by atoms with E-state index in [0.29, 0.717) is 10.0 Å². The largest absolute Gasteiger partial charge is 0.344 e. The van der Waals surface area contributed by atoms with Crippen molar-refractivity contribution in [2.75, 3.05) is 0 Å². The Hall–Kier alpha value is -1.64. The van der Waals surface area contributed by atoms with Gasteiger partial charge >= 0.3 is 0 Å². The van der Waals surface area contributed by atoms with Gasteiger partial charge in [0, 0.05) is 30.5 Å². The maximum Gasteiger partial charge on any atom is 0.0655 e. The molecule has 1 aliphatic heterocycles. The smallest absolute Gasteiger partial charge is 0.0655 e. The van der Waals surface area contributed by atoms with E-state index in [4.69, 9.17) is 23.2 Å². The quantitative estimate of drug-likeness (QED) is 0.580. The van der Waals surface area contributed by atoms with E-state index in [2.05, 4.69) is 40.5 Å². The molecule has 0 saturated heterocycles. The fourth-order valence-electron chi connectivity index (χ4n) is 3.04. The first-order chi connectivity index (χ1) is 10.1. The van der Waals surface area contributed by atoms with Crippen LogP contribution in [0.25, 0.3) is 22.5 Å². The third-order valence-electron chi connectivity index (χ3n) is 4.18. The first kappa shape index (κ1) is 13.1. The topological polar surface area (TPSA) is 9.86 Å². The van der Waals surface area contributed by atoms with E-state index in [1.165, 1.54) is 22.6 Å². The summed E-state index contributed by atoms with van der Waals surface area (Å²) in [6.07, 6.45) is 2.20. The van der Waals surface area contributed by atoms with Gasteiger partial charge in [-0.1, -0.05) is 29.3 Å². The van der Waals surface area contributed by atoms with Crippen LogP contribution < -0.4 is 0 Å². The van der Waals surface area contributed by atoms with Crippen molar-refractivity contribution in [2.45, 2.75) is 20.0 Å². The average Bonchev–Trinajstić information content (AvgIpc) is 3.05. The summed E-state index contributed by atoms with van der Waals surface area (Å²) >= 11 is 12.1. The molecule has 0 saturated carbocycles. The zero-order valence-corrected chi connectivity index (χ0v) is 13.1. The number of aryl methyl sites for hydroxylation is 2. The number of benzene rings is 1. The highest BCUT2D eigenvalue weighted by Crippen LogP contribution is 2.34. The summed E-state index contributed by atoms with van der Waals surface area (Å²) < 4.78 is 4.68. The second-order valence-corrected chi connectivity index (χ2v) is 6.26. The number of aromatic nitrogens is 2. The molecule has 0 unspecified atom stereocenters. The highest BCUT2D eigenvalue weighted by Gasteiger charge is 2.18. The summed E-state index contributed by atoms with van der Waals surface area (Å²) in [5, 5.41) is 1.19. The zero-order valence-electron chi connectivity index (χ0n) is 11.6. The van der Waals surface area contributed by atoms with E-state index < -0.39 is 0 Å². The molecule has 4 rings (SSSR count). The zero-order chi connectivity index (χ0) is 14.6. The molecule has 0 N–H and O–H groups in total. The van der Waals surface area contributed by atoms with Gasteiger partial charge in [0.1, 0.15) is 0 Å². The summed E-state index contributed by atoms with van der Waals surface area (Å²) in [5.74, 6) is 0. The van der Waals surface area contributed by atoms with Crippen molar-refractivity contribution in [3.63, 3.8) is 0 Å². The molecule has 3 heterocycles. The van der Waals surface area contributed by atoms with Gasteiger partial charge in [-0.2, -0.15) is 0 Å². The summed E-state index contributed by atoms with van der Waals surface area (Å²) in [4.78, 5) is 0. The summed E-state index contributed by atoms with van der Waals surface area (Å²) in [6, 6.07) is 12.4. The lowest BCUT2D eigenvalue weighted by Gasteiger charge is -2.20. The predicted octanol–water partition coefficient (Wildman–Crippen LogP) is 5.25. The molecule has 3 aromatic rings. The van der Waals surface area contributed by atoms with Crippen molar-refractivity contribution in [1.29, 1.82) is 0 Å². The molecule has 106 valence electrons. The molecule has 0 amide bonds. The van der Waals surface area contributed by atoms with Crippen molar-refractivity contribution in [2.24, 2.45) is 0 Å². The monoisotopic (exact) mass is 316 g/mol. The molecule has 0 aliphatic carbocycles. The minimum atomic E-state index is 0.592. The van der Waals surface area contributed by atoms with Gasteiger partial charge in [-0.05, 0) is 42.8 Å². The highest BCUT2D eigenvalue weighted by atomic mass is 35.5. The molecule has 0 radical (unpaired) electrons. The van der Waals surface area contributed by atoms with Crippen LogP contribution in [0, 0.1) is 6.92 Å². The van der Waals surface area contributed by atoms with Crippen LogP contribution in [0.1, 0.15) is 5.69 Å². The molecule has 21 heavy (non-hydrogen) atoms. The van der Waals surface area contributed by atoms with E-state index in [0.717, 1.165) is 18.7 Å². The van der Waals surface area contributed by atoms with E-state index in [1.807, 2.05) is 18.2 Å². The molecule has 2 nitrogen and oxygen atoms in total. The van der Waals surface area contributed by atoms with Gasteiger partial charge in [0.05, 0.1) is 21.4 Å². The Morgan fingerprint density at radius 1 is 0.857 bits per heavy atom. The normalized spacial score (nSPS) is 13.1. The molecule has 1 aliphatic rings. The maximum atomic E-state index is 6.13. The fourth-order valence-corrected chi connectivity index (χ4v) is 3.34. The molecular formula is C17H14Cl2N2. The summed E-state index contributed by atoms with van der Waals surface area (Å²) in [6.45, 7) is 4.18. The van der Waals surface area contributed by atoms with Crippen LogP contribution in [-0.4, -0.2) is 9.13 Å². The second-order valence-electron chi connectivity index (χ2n) is 5.45. The molecule has 0 fully saturated rings. The number of fused-ring (bicyclic) bond motifs is 3. The Balaban J connectivity index is 1.84. The van der Waals surface area contributed by atoms with Crippen molar-refractivity contribution >= 4 is 23.2 Å². The van der Waals surface area contributed by atoms with Crippen LogP contribution in [0.3, 0.4) is 0 Å². The van der Waals surface area contributed by atoms with Gasteiger partial charge in [0.25, 0.3) is 0 Å². The van der Waals surface area contributed by atoms with Crippen molar-refractivity contribution in [3.8, 4) is 22.5 Å². The Kier molecular flexibility index (Phi) is 2.91. The van der Waals surface area contributed by atoms with E-state index in [-0.39, 0.29) is 0 Å². The predicted molar refractivity (Wildman–Crippen MR) is 88.1 cm³/mol. The van der Waals surface area contributed by atoms with E-state index in [9.17, 15) is 0 Å². The van der Waals surface area contributed by atoms with Crippen molar-refractivity contribution in [3.05, 3.63) is 58.3 Å². The number of hydrogen-bond acceptors (Lipinski definition) is 0. The van der Waals surface area contributed by atoms with E-state index in [1.54, 1.807) is 0 Å². The first-order valence-electron chi connectivity index (χ1n) is 6.95. The number of hydrogen-bond donors (Lipinski definition) is 0. The molecule has 0 atom stereocenters. The molecule has 0 spiro atoms. The fraction of sp³-hybridized carbons (Fsp3) is 0.176. The lowest BCUT2D eigenvalue weighted by Crippen LogP contribution is -2.15. The van der Waals surface area contributed by atoms with Crippen LogP contribution in [0.5, 0.6) is 0 Å². The number of halogens is 2. The minimum absolute atomic E-state index is 0.592. The Bertz CT molecular complexity index is 843. The Morgan fingerprint density at radius 3 is 2.52 bits per heavy atom. The van der Waals surface area contributed by atoms with Crippen LogP contribution >= 0.6 is 23.2 Å². The molecule has 0 bridgehead atoms.